The molecule has 0 aliphatic carbocycles. The van der Waals surface area contributed by atoms with Gasteiger partial charge in [0.15, 0.2) is 5.13 Å². The lowest BCUT2D eigenvalue weighted by atomic mass is 10.1. The lowest BCUT2D eigenvalue weighted by molar-refractivity contribution is -0.137. The molecule has 0 saturated carbocycles. The fourth-order valence-electron chi connectivity index (χ4n) is 3.20. The van der Waals surface area contributed by atoms with Crippen LogP contribution in [-0.4, -0.2) is 22.7 Å². The van der Waals surface area contributed by atoms with Gasteiger partial charge in [-0.2, -0.15) is 13.2 Å². The first-order valence-electron chi connectivity index (χ1n) is 11.0. The molecular weight excluding hydrogens is 555 g/mol. The SMILES string of the molecule is Cc1nc(NC(=O)CCCCC(=O)Nc2cc(F)ccc2F)sc1C(=O)Nc1cc(C(F)(F)F)ccc1Cl. The molecule has 0 unspecified atom stereocenters. The molecule has 0 bridgehead atoms. The second-order valence-electron chi connectivity index (χ2n) is 8.01. The molecule has 3 amide bonds. The highest BCUT2D eigenvalue weighted by molar-refractivity contribution is 7.17. The normalized spacial score (nSPS) is 11.2. The lowest BCUT2D eigenvalue weighted by Gasteiger charge is -2.11. The van der Waals surface area contributed by atoms with Crippen molar-refractivity contribution in [2.75, 3.05) is 16.0 Å². The van der Waals surface area contributed by atoms with Gasteiger partial charge in [-0.3, -0.25) is 14.4 Å². The Balaban J connectivity index is 1.49. The lowest BCUT2D eigenvalue weighted by Crippen LogP contribution is -2.14. The first kappa shape index (κ1) is 29.0. The van der Waals surface area contributed by atoms with Gasteiger partial charge in [0.2, 0.25) is 11.8 Å². The maximum Gasteiger partial charge on any atom is 0.416 e. The smallest absolute Gasteiger partial charge is 0.324 e. The van der Waals surface area contributed by atoms with Crippen molar-refractivity contribution in [3.8, 4) is 0 Å². The van der Waals surface area contributed by atoms with Crippen molar-refractivity contribution < 1.29 is 36.3 Å². The molecule has 0 fully saturated rings. The molecule has 7 nitrogen and oxygen atoms in total. The van der Waals surface area contributed by atoms with Crippen LogP contribution in [0.15, 0.2) is 36.4 Å². The molecule has 0 aliphatic rings. The van der Waals surface area contributed by atoms with E-state index >= 15 is 0 Å². The molecule has 3 rings (SSSR count). The van der Waals surface area contributed by atoms with E-state index in [-0.39, 0.29) is 44.9 Å². The average Bonchev–Trinajstić information content (AvgIpc) is 3.19. The van der Waals surface area contributed by atoms with Crippen molar-refractivity contribution in [3.63, 3.8) is 0 Å². The van der Waals surface area contributed by atoms with Crippen LogP contribution in [0.5, 0.6) is 0 Å². The molecule has 3 aromatic rings. The van der Waals surface area contributed by atoms with Crippen LogP contribution in [0.4, 0.5) is 38.5 Å². The second kappa shape index (κ2) is 12.3. The maximum absolute atomic E-state index is 13.6. The zero-order valence-electron chi connectivity index (χ0n) is 19.6. The van der Waals surface area contributed by atoms with Gasteiger partial charge in [-0.05, 0) is 50.1 Å². The number of aromatic nitrogens is 1. The Bertz CT molecular complexity index is 1360. The number of nitrogens with one attached hydrogen (secondary N) is 3. The molecular formula is C24H20ClF5N4O3S. The third kappa shape index (κ3) is 7.96. The molecule has 38 heavy (non-hydrogen) atoms. The van der Waals surface area contributed by atoms with Crippen molar-refractivity contribution >= 4 is 57.2 Å². The third-order valence-electron chi connectivity index (χ3n) is 5.05. The topological polar surface area (TPSA) is 100 Å². The first-order chi connectivity index (χ1) is 17.8. The first-order valence-corrected chi connectivity index (χ1v) is 12.2. The highest BCUT2D eigenvalue weighted by atomic mass is 35.5. The molecule has 0 spiro atoms. The van der Waals surface area contributed by atoms with Crippen molar-refractivity contribution in [2.24, 2.45) is 0 Å². The van der Waals surface area contributed by atoms with Gasteiger partial charge in [0.05, 0.1) is 27.7 Å². The van der Waals surface area contributed by atoms with Crippen LogP contribution < -0.4 is 16.0 Å². The predicted molar refractivity (Wildman–Crippen MR) is 133 cm³/mol. The van der Waals surface area contributed by atoms with Crippen molar-refractivity contribution in [1.82, 2.24) is 4.98 Å². The van der Waals surface area contributed by atoms with Crippen LogP contribution in [0.1, 0.15) is 46.6 Å². The summed E-state index contributed by atoms with van der Waals surface area (Å²) in [5.74, 6) is -3.20. The zero-order chi connectivity index (χ0) is 28.0. The van der Waals surface area contributed by atoms with Crippen LogP contribution in [0.2, 0.25) is 5.02 Å². The molecule has 14 heteroatoms. The molecule has 0 saturated heterocycles. The van der Waals surface area contributed by atoms with Gasteiger partial charge >= 0.3 is 6.18 Å². The molecule has 2 aromatic carbocycles. The third-order valence-corrected chi connectivity index (χ3v) is 6.45. The molecule has 0 radical (unpaired) electrons. The monoisotopic (exact) mass is 574 g/mol. The minimum Gasteiger partial charge on any atom is -0.324 e. The summed E-state index contributed by atoms with van der Waals surface area (Å²) in [5, 5.41) is 7.14. The summed E-state index contributed by atoms with van der Waals surface area (Å²) in [5.41, 5.74) is -1.24. The summed E-state index contributed by atoms with van der Waals surface area (Å²) in [7, 11) is 0. The molecule has 1 heterocycles. The van der Waals surface area contributed by atoms with Crippen LogP contribution in [-0.2, 0) is 15.8 Å². The van der Waals surface area contributed by atoms with Gasteiger partial charge in [0.25, 0.3) is 5.91 Å². The number of anilines is 3. The number of alkyl halides is 3. The van der Waals surface area contributed by atoms with Gasteiger partial charge in [0.1, 0.15) is 16.5 Å². The highest BCUT2D eigenvalue weighted by Crippen LogP contribution is 2.34. The fourth-order valence-corrected chi connectivity index (χ4v) is 4.24. The second-order valence-corrected chi connectivity index (χ2v) is 9.41. The van der Waals surface area contributed by atoms with Crippen LogP contribution in [0.3, 0.4) is 0 Å². The number of hydrogen-bond acceptors (Lipinski definition) is 5. The van der Waals surface area contributed by atoms with Crippen LogP contribution >= 0.6 is 22.9 Å². The Hall–Kier alpha value is -3.58. The number of carbonyl (C=O) groups is 3. The van der Waals surface area contributed by atoms with Crippen LogP contribution in [0, 0.1) is 18.6 Å². The number of nitrogens with zero attached hydrogens (tertiary/aromatic N) is 1. The van der Waals surface area contributed by atoms with E-state index < -0.39 is 41.1 Å². The standard InChI is InChI=1S/C24H20ClF5N4O3S/c1-12-21(22(37)33-17-10-13(24(28,29)30)6-8-15(17)25)38-23(31-12)34-20(36)5-3-2-4-19(35)32-18-11-14(26)7-9-16(18)27/h6-11H,2-5H2,1H3,(H,32,35)(H,33,37)(H,31,34,36). The maximum atomic E-state index is 13.6. The number of halogens is 6. The van der Waals surface area contributed by atoms with E-state index in [0.29, 0.717) is 18.9 Å². The molecule has 0 aliphatic heterocycles. The summed E-state index contributed by atoms with van der Waals surface area (Å²) in [6.45, 7) is 1.49. The average molecular weight is 575 g/mol. The summed E-state index contributed by atoms with van der Waals surface area (Å²) in [6.07, 6.45) is -4.04. The Morgan fingerprint density at radius 1 is 0.921 bits per heavy atom. The Kier molecular flexibility index (Phi) is 9.39. The largest absolute Gasteiger partial charge is 0.416 e. The highest BCUT2D eigenvalue weighted by Gasteiger charge is 2.31. The van der Waals surface area contributed by atoms with E-state index in [2.05, 4.69) is 20.9 Å². The van der Waals surface area contributed by atoms with E-state index in [1.807, 2.05) is 0 Å². The Morgan fingerprint density at radius 3 is 2.24 bits per heavy atom. The number of aryl methyl sites for hydroxylation is 1. The quantitative estimate of drug-likeness (QED) is 0.193. The van der Waals surface area contributed by atoms with Crippen molar-refractivity contribution in [3.05, 3.63) is 69.2 Å². The van der Waals surface area contributed by atoms with Crippen LogP contribution in [0.25, 0.3) is 0 Å². The van der Waals surface area contributed by atoms with E-state index in [1.54, 1.807) is 0 Å². The summed E-state index contributed by atoms with van der Waals surface area (Å²) in [4.78, 5) is 40.9. The van der Waals surface area contributed by atoms with Gasteiger partial charge in [-0.1, -0.05) is 22.9 Å². The molecule has 1 aromatic heterocycles. The minimum absolute atomic E-state index is 0.0155. The van der Waals surface area contributed by atoms with Crippen molar-refractivity contribution in [2.45, 2.75) is 38.8 Å². The van der Waals surface area contributed by atoms with E-state index in [1.165, 1.54) is 6.92 Å². The van der Waals surface area contributed by atoms with Gasteiger partial charge in [-0.25, -0.2) is 13.8 Å². The number of thiazole rings is 1. The zero-order valence-corrected chi connectivity index (χ0v) is 21.2. The fraction of sp³-hybridized carbons (Fsp3) is 0.250. The number of amides is 3. The number of hydrogen-bond donors (Lipinski definition) is 3. The molecule has 0 atom stereocenters. The summed E-state index contributed by atoms with van der Waals surface area (Å²) in [6, 6.07) is 5.21. The molecule has 3 N–H and O–H groups in total. The van der Waals surface area contributed by atoms with E-state index in [0.717, 1.165) is 41.7 Å². The Labute approximate surface area is 222 Å². The van der Waals surface area contributed by atoms with E-state index in [9.17, 15) is 36.3 Å². The Morgan fingerprint density at radius 2 is 1.58 bits per heavy atom. The molecule has 202 valence electrons. The van der Waals surface area contributed by atoms with Gasteiger partial charge in [-0.15, -0.1) is 0 Å². The number of rotatable bonds is 9. The van der Waals surface area contributed by atoms with Gasteiger partial charge < -0.3 is 16.0 Å². The number of carbonyl (C=O) groups excluding carboxylic acids is 3. The summed E-state index contributed by atoms with van der Waals surface area (Å²) >= 11 is 6.75. The van der Waals surface area contributed by atoms with E-state index in [4.69, 9.17) is 11.6 Å². The van der Waals surface area contributed by atoms with Gasteiger partial charge in [0, 0.05) is 18.9 Å². The predicted octanol–water partition coefficient (Wildman–Crippen LogP) is 6.79. The minimum atomic E-state index is -4.62. The summed E-state index contributed by atoms with van der Waals surface area (Å²) < 4.78 is 65.7. The van der Waals surface area contributed by atoms with Crippen molar-refractivity contribution in [1.29, 1.82) is 0 Å². The number of benzene rings is 2. The number of unbranched alkanes of at least 4 members (excludes halogenated alkanes) is 1.